The Balaban J connectivity index is 1.83. The molecular weight excluding hydrogens is 376 g/mol. The maximum atomic E-state index is 13.0. The summed E-state index contributed by atoms with van der Waals surface area (Å²) >= 11 is 0. The Hall–Kier alpha value is -2.38. The van der Waals surface area contributed by atoms with Gasteiger partial charge in [-0.2, -0.15) is 0 Å². The molecule has 0 radical (unpaired) electrons. The van der Waals surface area contributed by atoms with E-state index in [9.17, 15) is 13.2 Å². The summed E-state index contributed by atoms with van der Waals surface area (Å²) in [5, 5.41) is 0. The molecule has 0 aromatic heterocycles. The van der Waals surface area contributed by atoms with Crippen LogP contribution in [0.3, 0.4) is 0 Å². The van der Waals surface area contributed by atoms with Crippen molar-refractivity contribution in [3.63, 3.8) is 0 Å². The number of rotatable bonds is 7. The summed E-state index contributed by atoms with van der Waals surface area (Å²) in [4.78, 5) is 14.0. The van der Waals surface area contributed by atoms with Crippen molar-refractivity contribution in [3.05, 3.63) is 53.6 Å². The first-order valence-electron chi connectivity index (χ1n) is 9.49. The summed E-state index contributed by atoms with van der Waals surface area (Å²) in [5.41, 5.74) is 2.59. The van der Waals surface area contributed by atoms with Crippen LogP contribution in [0.1, 0.15) is 43.9 Å². The Morgan fingerprint density at radius 2 is 1.89 bits per heavy atom. The quantitative estimate of drug-likeness (QED) is 0.770. The van der Waals surface area contributed by atoms with E-state index in [0.717, 1.165) is 22.6 Å². The summed E-state index contributed by atoms with van der Waals surface area (Å²) in [6.07, 6.45) is 1.72. The number of hydrogen-bond acceptors (Lipinski definition) is 4. The fourth-order valence-electron chi connectivity index (χ4n) is 3.47. The number of carbonyl (C=O) groups excluding carboxylic acids is 1. The lowest BCUT2D eigenvalue weighted by atomic mass is 10.1. The van der Waals surface area contributed by atoms with Gasteiger partial charge < -0.3 is 9.64 Å². The van der Waals surface area contributed by atoms with Gasteiger partial charge in [-0.1, -0.05) is 26.0 Å². The number of carbonyl (C=O) groups is 1. The van der Waals surface area contributed by atoms with Crippen LogP contribution in [-0.4, -0.2) is 28.0 Å². The number of nitrogens with zero attached hydrogens (tertiary/aromatic N) is 1. The van der Waals surface area contributed by atoms with E-state index in [1.54, 1.807) is 30.2 Å². The molecule has 1 amide bonds. The summed E-state index contributed by atoms with van der Waals surface area (Å²) in [6, 6.07) is 12.0. The highest BCUT2D eigenvalue weighted by atomic mass is 32.2. The predicted octanol–water partition coefficient (Wildman–Crippen LogP) is 3.42. The van der Waals surface area contributed by atoms with Crippen molar-refractivity contribution in [1.29, 1.82) is 0 Å². The van der Waals surface area contributed by atoms with E-state index in [2.05, 4.69) is 4.72 Å². The van der Waals surface area contributed by atoms with Crippen LogP contribution in [-0.2, 0) is 21.2 Å². The van der Waals surface area contributed by atoms with Gasteiger partial charge in [-0.05, 0) is 54.3 Å². The molecule has 0 fully saturated rings. The van der Waals surface area contributed by atoms with Crippen LogP contribution in [0.4, 0.5) is 5.69 Å². The van der Waals surface area contributed by atoms with Gasteiger partial charge >= 0.3 is 0 Å². The molecule has 2 aromatic carbocycles. The zero-order valence-electron chi connectivity index (χ0n) is 16.4. The first kappa shape index (κ1) is 20.4. The van der Waals surface area contributed by atoms with Crippen molar-refractivity contribution in [3.8, 4) is 5.75 Å². The molecular formula is C21H26N2O4S. The van der Waals surface area contributed by atoms with E-state index in [0.29, 0.717) is 25.8 Å². The average molecular weight is 403 g/mol. The molecule has 0 bridgehead atoms. The number of anilines is 1. The van der Waals surface area contributed by atoms with Crippen molar-refractivity contribution in [2.45, 2.75) is 44.0 Å². The minimum absolute atomic E-state index is 0.0537. The van der Waals surface area contributed by atoms with Crippen molar-refractivity contribution >= 4 is 21.6 Å². The zero-order chi connectivity index (χ0) is 20.3. The second kappa shape index (κ2) is 8.32. The van der Waals surface area contributed by atoms with Crippen LogP contribution < -0.4 is 14.4 Å². The van der Waals surface area contributed by atoms with Gasteiger partial charge in [0, 0.05) is 24.7 Å². The van der Waals surface area contributed by atoms with Crippen LogP contribution in [0, 0.1) is 0 Å². The number of benzene rings is 2. The van der Waals surface area contributed by atoms with E-state index < -0.39 is 10.0 Å². The Bertz CT molecular complexity index is 955. The average Bonchev–Trinajstić information content (AvgIpc) is 3.15. The molecule has 1 N–H and O–H groups in total. The van der Waals surface area contributed by atoms with Gasteiger partial charge in [0.2, 0.25) is 15.9 Å². The van der Waals surface area contributed by atoms with Crippen molar-refractivity contribution in [2.75, 3.05) is 18.6 Å². The molecule has 0 saturated heterocycles. The van der Waals surface area contributed by atoms with Crippen LogP contribution in [0.5, 0.6) is 5.75 Å². The molecule has 1 heterocycles. The monoisotopic (exact) mass is 402 g/mol. The third kappa shape index (κ3) is 4.05. The first-order chi connectivity index (χ1) is 13.4. The first-order valence-corrected chi connectivity index (χ1v) is 11.0. The number of ether oxygens (including phenoxy) is 1. The lowest BCUT2D eigenvalue weighted by molar-refractivity contribution is -0.118. The second-order valence-electron chi connectivity index (χ2n) is 6.79. The summed E-state index contributed by atoms with van der Waals surface area (Å²) in [7, 11) is -2.09. The minimum atomic E-state index is -3.68. The van der Waals surface area contributed by atoms with Gasteiger partial charge in [0.25, 0.3) is 0 Å². The molecule has 7 heteroatoms. The fourth-order valence-corrected chi connectivity index (χ4v) is 4.83. The summed E-state index contributed by atoms with van der Waals surface area (Å²) in [6.45, 7) is 4.36. The molecule has 2 aromatic rings. The molecule has 0 saturated carbocycles. The van der Waals surface area contributed by atoms with Crippen LogP contribution >= 0.6 is 0 Å². The SMILES string of the molecule is CCC(=O)N1CCc2cc(S(=O)(=O)N[C@H](CC)c3ccc(OC)cc3)ccc21. The molecule has 150 valence electrons. The predicted molar refractivity (Wildman–Crippen MR) is 109 cm³/mol. The normalized spacial score (nSPS) is 14.6. The molecule has 1 aliphatic rings. The number of sulfonamides is 1. The molecule has 1 atom stereocenters. The lowest BCUT2D eigenvalue weighted by Gasteiger charge is -2.19. The molecule has 1 aliphatic heterocycles. The third-order valence-electron chi connectivity index (χ3n) is 5.08. The number of nitrogens with one attached hydrogen (secondary N) is 1. The molecule has 0 aliphatic carbocycles. The Kier molecular flexibility index (Phi) is 6.05. The van der Waals surface area contributed by atoms with E-state index in [4.69, 9.17) is 4.74 Å². The topological polar surface area (TPSA) is 75.7 Å². The fraction of sp³-hybridized carbons (Fsp3) is 0.381. The molecule has 0 unspecified atom stereocenters. The number of methoxy groups -OCH3 is 1. The molecule has 6 nitrogen and oxygen atoms in total. The van der Waals surface area contributed by atoms with E-state index in [1.165, 1.54) is 0 Å². The summed E-state index contributed by atoms with van der Waals surface area (Å²) in [5.74, 6) is 0.782. The van der Waals surface area contributed by atoms with Crippen molar-refractivity contribution < 1.29 is 17.9 Å². The van der Waals surface area contributed by atoms with Crippen LogP contribution in [0.2, 0.25) is 0 Å². The molecule has 0 spiro atoms. The minimum Gasteiger partial charge on any atom is -0.497 e. The van der Waals surface area contributed by atoms with Gasteiger partial charge in [-0.3, -0.25) is 4.79 Å². The third-order valence-corrected chi connectivity index (χ3v) is 6.55. The van der Waals surface area contributed by atoms with Crippen molar-refractivity contribution in [1.82, 2.24) is 4.72 Å². The van der Waals surface area contributed by atoms with Crippen molar-refractivity contribution in [2.24, 2.45) is 0 Å². The van der Waals surface area contributed by atoms with Crippen LogP contribution in [0.15, 0.2) is 47.4 Å². The van der Waals surface area contributed by atoms with Gasteiger partial charge in [0.05, 0.1) is 12.0 Å². The maximum Gasteiger partial charge on any atom is 0.241 e. The Morgan fingerprint density at radius 1 is 1.18 bits per heavy atom. The van der Waals surface area contributed by atoms with E-state index in [-0.39, 0.29) is 16.8 Å². The highest BCUT2D eigenvalue weighted by molar-refractivity contribution is 7.89. The smallest absolute Gasteiger partial charge is 0.241 e. The van der Waals surface area contributed by atoms with Gasteiger partial charge in [-0.25, -0.2) is 13.1 Å². The largest absolute Gasteiger partial charge is 0.497 e. The lowest BCUT2D eigenvalue weighted by Crippen LogP contribution is -2.29. The highest BCUT2D eigenvalue weighted by Gasteiger charge is 2.27. The zero-order valence-corrected chi connectivity index (χ0v) is 17.3. The van der Waals surface area contributed by atoms with Crippen LogP contribution in [0.25, 0.3) is 0 Å². The molecule has 28 heavy (non-hydrogen) atoms. The number of amides is 1. The van der Waals surface area contributed by atoms with Gasteiger partial charge in [0.15, 0.2) is 0 Å². The van der Waals surface area contributed by atoms with Gasteiger partial charge in [-0.15, -0.1) is 0 Å². The summed E-state index contributed by atoms with van der Waals surface area (Å²) < 4.78 is 33.9. The standard InChI is InChI=1S/C21H26N2O4S/c1-4-19(15-6-8-17(27-3)9-7-15)22-28(25,26)18-10-11-20-16(14-18)12-13-23(20)21(24)5-2/h6-11,14,19,22H,4-5,12-13H2,1-3H3/t19-/m1/s1. The highest BCUT2D eigenvalue weighted by Crippen LogP contribution is 2.31. The molecule has 3 rings (SSSR count). The Morgan fingerprint density at radius 3 is 2.50 bits per heavy atom. The maximum absolute atomic E-state index is 13.0. The number of fused-ring (bicyclic) bond motifs is 1. The van der Waals surface area contributed by atoms with E-state index >= 15 is 0 Å². The van der Waals surface area contributed by atoms with E-state index in [1.807, 2.05) is 38.1 Å². The second-order valence-corrected chi connectivity index (χ2v) is 8.51. The number of hydrogen-bond donors (Lipinski definition) is 1. The Labute approximate surface area is 166 Å². The van der Waals surface area contributed by atoms with Gasteiger partial charge in [0.1, 0.15) is 5.75 Å².